The third kappa shape index (κ3) is 2.26. The molecule has 26 heavy (non-hydrogen) atoms. The lowest BCUT2D eigenvalue weighted by Gasteiger charge is -2.31. The molecule has 2 aliphatic heterocycles. The number of hydrogen-bond donors (Lipinski definition) is 2. The van der Waals surface area contributed by atoms with E-state index >= 15 is 0 Å². The summed E-state index contributed by atoms with van der Waals surface area (Å²) in [5.41, 5.74) is 3.86. The van der Waals surface area contributed by atoms with Crippen LogP contribution < -0.4 is 10.2 Å². The number of H-pyrrole nitrogens is 1. The van der Waals surface area contributed by atoms with E-state index in [1.807, 2.05) is 19.1 Å². The molecule has 0 radical (unpaired) electrons. The van der Waals surface area contributed by atoms with E-state index in [4.69, 9.17) is 4.98 Å². The van der Waals surface area contributed by atoms with Crippen molar-refractivity contribution in [1.29, 1.82) is 0 Å². The average Bonchev–Trinajstić information content (AvgIpc) is 3.34. The van der Waals surface area contributed by atoms with Crippen molar-refractivity contribution in [2.75, 3.05) is 16.8 Å². The lowest BCUT2D eigenvalue weighted by atomic mass is 10.0. The summed E-state index contributed by atoms with van der Waals surface area (Å²) in [5, 5.41) is 10.8. The molecular weight excluding hydrogens is 330 g/mol. The van der Waals surface area contributed by atoms with E-state index in [1.54, 1.807) is 12.5 Å². The Morgan fingerprint density at radius 1 is 1.31 bits per heavy atom. The first kappa shape index (κ1) is 15.0. The molecule has 0 spiro atoms. The molecule has 8 heteroatoms. The van der Waals surface area contributed by atoms with Gasteiger partial charge in [-0.05, 0) is 31.4 Å². The van der Waals surface area contributed by atoms with Crippen molar-refractivity contribution in [2.24, 2.45) is 0 Å². The smallest absolute Gasteiger partial charge is 0.248 e. The van der Waals surface area contributed by atoms with Crippen LogP contribution in [-0.4, -0.2) is 43.6 Å². The third-order valence-electron chi connectivity index (χ3n) is 5.02. The van der Waals surface area contributed by atoms with Crippen LogP contribution in [0.3, 0.4) is 0 Å². The number of benzene rings is 1. The average molecular weight is 347 g/mol. The van der Waals surface area contributed by atoms with Gasteiger partial charge in [-0.15, -0.1) is 10.2 Å². The first-order chi connectivity index (χ1) is 12.7. The number of carbonyl (C=O) groups is 1. The van der Waals surface area contributed by atoms with Crippen LogP contribution in [0, 0.1) is 6.92 Å². The quantitative estimate of drug-likeness (QED) is 0.737. The molecule has 0 saturated carbocycles. The van der Waals surface area contributed by atoms with Gasteiger partial charge in [0, 0.05) is 17.7 Å². The number of nitrogens with zero attached hydrogens (tertiary/aromatic N) is 5. The minimum atomic E-state index is -0.123. The van der Waals surface area contributed by atoms with Crippen molar-refractivity contribution in [3.8, 4) is 22.6 Å². The van der Waals surface area contributed by atoms with Crippen LogP contribution in [0.25, 0.3) is 22.6 Å². The lowest BCUT2D eigenvalue weighted by molar-refractivity contribution is -0.117. The molecule has 1 atom stereocenters. The maximum Gasteiger partial charge on any atom is 0.248 e. The molecule has 2 aromatic heterocycles. The number of carbonyl (C=O) groups excluding carboxylic acids is 1. The van der Waals surface area contributed by atoms with Gasteiger partial charge in [-0.2, -0.15) is 0 Å². The molecule has 1 fully saturated rings. The standard InChI is InChI=1S/C18H17N7O/c1-10-7-11(15-20-9-21-24-15)4-5-12(10)13-8-19-16-17(22-13)25-6-2-3-14(25)18(26)23-16/h4-5,7-9,14H,2-3,6H2,1H3,(H,19,23,26)(H,20,21,24). The molecule has 0 bridgehead atoms. The molecule has 1 saturated heterocycles. The molecule has 2 N–H and O–H groups in total. The van der Waals surface area contributed by atoms with E-state index < -0.39 is 0 Å². The maximum atomic E-state index is 12.2. The zero-order valence-corrected chi connectivity index (χ0v) is 14.2. The van der Waals surface area contributed by atoms with Crippen molar-refractivity contribution in [3.05, 3.63) is 36.3 Å². The van der Waals surface area contributed by atoms with Crippen molar-refractivity contribution in [3.63, 3.8) is 0 Å². The molecule has 130 valence electrons. The van der Waals surface area contributed by atoms with Crippen LogP contribution in [0.2, 0.25) is 0 Å². The van der Waals surface area contributed by atoms with Gasteiger partial charge >= 0.3 is 0 Å². The predicted molar refractivity (Wildman–Crippen MR) is 96.6 cm³/mol. The highest BCUT2D eigenvalue weighted by molar-refractivity contribution is 6.02. The van der Waals surface area contributed by atoms with Crippen molar-refractivity contribution in [1.82, 2.24) is 25.1 Å². The summed E-state index contributed by atoms with van der Waals surface area (Å²) >= 11 is 0. The molecule has 1 unspecified atom stereocenters. The Balaban J connectivity index is 1.55. The van der Waals surface area contributed by atoms with Gasteiger partial charge in [0.05, 0.1) is 11.9 Å². The summed E-state index contributed by atoms with van der Waals surface area (Å²) in [7, 11) is 0. The van der Waals surface area contributed by atoms with E-state index in [-0.39, 0.29) is 11.9 Å². The van der Waals surface area contributed by atoms with Gasteiger partial charge < -0.3 is 15.2 Å². The largest absolute Gasteiger partial charge is 0.341 e. The predicted octanol–water partition coefficient (Wildman–Crippen LogP) is 2.16. The SMILES string of the molecule is Cc1cc(-c2nnc[nH]2)ccc1-c1cnc2c(n1)N1CCCC1C(=O)N2. The minimum absolute atomic E-state index is 0.0182. The Bertz CT molecular complexity index is 999. The van der Waals surface area contributed by atoms with E-state index in [0.29, 0.717) is 5.82 Å². The number of nitrogens with one attached hydrogen (secondary N) is 2. The molecule has 3 aromatic rings. The van der Waals surface area contributed by atoms with Crippen LogP contribution in [0.4, 0.5) is 11.6 Å². The number of anilines is 2. The van der Waals surface area contributed by atoms with Crippen LogP contribution in [0.5, 0.6) is 0 Å². The van der Waals surface area contributed by atoms with Gasteiger partial charge in [-0.3, -0.25) is 4.79 Å². The second-order valence-corrected chi connectivity index (χ2v) is 6.64. The Kier molecular flexibility index (Phi) is 3.24. The van der Waals surface area contributed by atoms with Crippen LogP contribution in [-0.2, 0) is 4.79 Å². The second kappa shape index (κ2) is 5.62. The highest BCUT2D eigenvalue weighted by Crippen LogP contribution is 2.36. The zero-order chi connectivity index (χ0) is 17.7. The summed E-state index contributed by atoms with van der Waals surface area (Å²) < 4.78 is 0. The number of aromatic nitrogens is 5. The number of fused-ring (bicyclic) bond motifs is 3. The fourth-order valence-electron chi connectivity index (χ4n) is 3.74. The third-order valence-corrected chi connectivity index (χ3v) is 5.02. The second-order valence-electron chi connectivity index (χ2n) is 6.64. The molecular formula is C18H17N7O. The fourth-order valence-corrected chi connectivity index (χ4v) is 3.74. The summed E-state index contributed by atoms with van der Waals surface area (Å²) in [4.78, 5) is 26.5. The summed E-state index contributed by atoms with van der Waals surface area (Å²) in [6.07, 6.45) is 5.14. The number of aromatic amines is 1. The minimum Gasteiger partial charge on any atom is -0.341 e. The van der Waals surface area contributed by atoms with Gasteiger partial charge in [-0.25, -0.2) is 9.97 Å². The Morgan fingerprint density at radius 3 is 3.04 bits per heavy atom. The van der Waals surface area contributed by atoms with Crippen molar-refractivity contribution < 1.29 is 4.79 Å². The van der Waals surface area contributed by atoms with E-state index in [9.17, 15) is 4.79 Å². The van der Waals surface area contributed by atoms with Gasteiger partial charge in [0.1, 0.15) is 12.4 Å². The van der Waals surface area contributed by atoms with Gasteiger partial charge in [-0.1, -0.05) is 12.1 Å². The van der Waals surface area contributed by atoms with E-state index in [0.717, 1.165) is 53.4 Å². The summed E-state index contributed by atoms with van der Waals surface area (Å²) in [6, 6.07) is 5.94. The summed E-state index contributed by atoms with van der Waals surface area (Å²) in [6.45, 7) is 2.88. The molecule has 0 aliphatic carbocycles. The maximum absolute atomic E-state index is 12.2. The van der Waals surface area contributed by atoms with Gasteiger partial charge in [0.15, 0.2) is 17.5 Å². The molecule has 1 amide bonds. The highest BCUT2D eigenvalue weighted by Gasteiger charge is 2.38. The fraction of sp³-hybridized carbons (Fsp3) is 0.278. The van der Waals surface area contributed by atoms with E-state index in [1.165, 1.54) is 0 Å². The molecule has 1 aromatic carbocycles. The van der Waals surface area contributed by atoms with Crippen LogP contribution in [0.15, 0.2) is 30.7 Å². The van der Waals surface area contributed by atoms with Crippen LogP contribution in [0.1, 0.15) is 18.4 Å². The topological polar surface area (TPSA) is 99.7 Å². The van der Waals surface area contributed by atoms with Gasteiger partial charge in [0.2, 0.25) is 5.91 Å². The number of hydrogen-bond acceptors (Lipinski definition) is 6. The molecule has 8 nitrogen and oxygen atoms in total. The zero-order valence-electron chi connectivity index (χ0n) is 14.2. The number of aryl methyl sites for hydroxylation is 1. The molecule has 2 aliphatic rings. The van der Waals surface area contributed by atoms with Crippen molar-refractivity contribution >= 4 is 17.5 Å². The Morgan fingerprint density at radius 2 is 2.23 bits per heavy atom. The Hall–Kier alpha value is -3.29. The van der Waals surface area contributed by atoms with Gasteiger partial charge in [0.25, 0.3) is 0 Å². The molecule has 4 heterocycles. The lowest BCUT2D eigenvalue weighted by Crippen LogP contribution is -2.44. The van der Waals surface area contributed by atoms with Crippen molar-refractivity contribution in [2.45, 2.75) is 25.8 Å². The first-order valence-electron chi connectivity index (χ1n) is 8.63. The number of amides is 1. The Labute approximate surface area is 149 Å². The molecule has 5 rings (SSSR count). The van der Waals surface area contributed by atoms with E-state index in [2.05, 4.69) is 36.4 Å². The highest BCUT2D eigenvalue weighted by atomic mass is 16.2. The first-order valence-corrected chi connectivity index (χ1v) is 8.63. The normalized spacial score (nSPS) is 18.4. The monoisotopic (exact) mass is 347 g/mol. The van der Waals surface area contributed by atoms with Crippen LogP contribution >= 0.6 is 0 Å². The number of rotatable bonds is 2. The summed E-state index contributed by atoms with van der Waals surface area (Å²) in [5.74, 6) is 2.07.